The van der Waals surface area contributed by atoms with Crippen LogP contribution in [-0.4, -0.2) is 32.8 Å². The molecular formula is C8H14N2O4S. The van der Waals surface area contributed by atoms with Crippen molar-refractivity contribution in [2.24, 2.45) is 0 Å². The van der Waals surface area contributed by atoms with Crippen LogP contribution in [0.5, 0.6) is 0 Å². The monoisotopic (exact) mass is 234 g/mol. The molecule has 0 bridgehead atoms. The molecule has 6 nitrogen and oxygen atoms in total. The Labute approximate surface area is 89.3 Å². The van der Waals surface area contributed by atoms with E-state index in [1.165, 1.54) is 6.92 Å². The van der Waals surface area contributed by atoms with Crippen LogP contribution in [0.3, 0.4) is 0 Å². The molecule has 86 valence electrons. The number of nitrogens with zero attached hydrogens (tertiary/aromatic N) is 1. The quantitative estimate of drug-likeness (QED) is 0.640. The van der Waals surface area contributed by atoms with Crippen molar-refractivity contribution in [3.63, 3.8) is 0 Å². The van der Waals surface area contributed by atoms with Crippen molar-refractivity contribution in [3.05, 3.63) is 0 Å². The minimum atomic E-state index is -3.64. The summed E-state index contributed by atoms with van der Waals surface area (Å²) >= 11 is 0. The Morgan fingerprint density at radius 1 is 1.60 bits per heavy atom. The average molecular weight is 234 g/mol. The summed E-state index contributed by atoms with van der Waals surface area (Å²) < 4.78 is 29.2. The predicted molar refractivity (Wildman–Crippen MR) is 53.2 cm³/mol. The Hall–Kier alpha value is -1.13. The number of nitrogens with one attached hydrogen (secondary N) is 1. The maximum Gasteiger partial charge on any atom is 0.307 e. The van der Waals surface area contributed by atoms with Gasteiger partial charge < -0.3 is 4.74 Å². The first kappa shape index (κ1) is 13.9. The molecule has 0 aliphatic heterocycles. The van der Waals surface area contributed by atoms with Gasteiger partial charge in [0.2, 0.25) is 10.0 Å². The molecule has 7 heteroatoms. The lowest BCUT2D eigenvalue weighted by atomic mass is 10.4. The van der Waals surface area contributed by atoms with Gasteiger partial charge in [-0.3, -0.25) is 4.79 Å². The van der Waals surface area contributed by atoms with Gasteiger partial charge in [-0.05, 0) is 13.8 Å². The van der Waals surface area contributed by atoms with Gasteiger partial charge in [0.1, 0.15) is 0 Å². The van der Waals surface area contributed by atoms with Crippen molar-refractivity contribution in [2.75, 3.05) is 13.2 Å². The van der Waals surface area contributed by atoms with Crippen LogP contribution in [0.1, 0.15) is 20.3 Å². The molecule has 0 aromatic rings. The fourth-order valence-electron chi connectivity index (χ4n) is 0.723. The number of esters is 1. The molecule has 0 saturated carbocycles. The smallest absolute Gasteiger partial charge is 0.307 e. The van der Waals surface area contributed by atoms with Crippen molar-refractivity contribution in [2.45, 2.75) is 25.5 Å². The summed E-state index contributed by atoms with van der Waals surface area (Å²) in [5.41, 5.74) is 0. The zero-order valence-corrected chi connectivity index (χ0v) is 9.50. The molecule has 0 fully saturated rings. The summed E-state index contributed by atoms with van der Waals surface area (Å²) in [4.78, 5) is 10.8. The standard InChI is InChI=1S/C8H14N2O4S/c1-3-14-8(11)4-5-10-15(12,13)7(2)6-9/h7,10H,3-5H2,1-2H3. The van der Waals surface area contributed by atoms with E-state index in [0.29, 0.717) is 0 Å². The van der Waals surface area contributed by atoms with Crippen LogP contribution in [0.25, 0.3) is 0 Å². The van der Waals surface area contributed by atoms with Gasteiger partial charge >= 0.3 is 5.97 Å². The highest BCUT2D eigenvalue weighted by Gasteiger charge is 2.19. The largest absolute Gasteiger partial charge is 0.466 e. The molecule has 0 amide bonds. The lowest BCUT2D eigenvalue weighted by Crippen LogP contribution is -2.33. The summed E-state index contributed by atoms with van der Waals surface area (Å²) in [7, 11) is -3.64. The maximum atomic E-state index is 11.2. The van der Waals surface area contributed by atoms with E-state index in [4.69, 9.17) is 5.26 Å². The van der Waals surface area contributed by atoms with Gasteiger partial charge in [0, 0.05) is 6.54 Å². The molecule has 1 atom stereocenters. The minimum Gasteiger partial charge on any atom is -0.466 e. The maximum absolute atomic E-state index is 11.2. The molecule has 0 aliphatic carbocycles. The highest BCUT2D eigenvalue weighted by molar-refractivity contribution is 7.90. The molecule has 1 unspecified atom stereocenters. The third kappa shape index (κ3) is 5.34. The van der Waals surface area contributed by atoms with E-state index in [1.807, 2.05) is 0 Å². The van der Waals surface area contributed by atoms with Gasteiger partial charge in [-0.2, -0.15) is 5.26 Å². The number of carbonyl (C=O) groups excluding carboxylic acids is 1. The Bertz CT molecular complexity index is 344. The fourth-order valence-corrected chi connectivity index (χ4v) is 1.50. The van der Waals surface area contributed by atoms with Gasteiger partial charge in [0.25, 0.3) is 0 Å². The molecule has 0 rings (SSSR count). The number of ether oxygens (including phenoxy) is 1. The van der Waals surface area contributed by atoms with Crippen LogP contribution in [-0.2, 0) is 19.6 Å². The summed E-state index contributed by atoms with van der Waals surface area (Å²) in [6, 6.07) is 1.60. The molecule has 0 radical (unpaired) electrons. The van der Waals surface area contributed by atoms with Crippen LogP contribution in [0, 0.1) is 11.3 Å². The molecule has 0 aliphatic rings. The van der Waals surface area contributed by atoms with Gasteiger partial charge in [-0.15, -0.1) is 0 Å². The average Bonchev–Trinajstić information content (AvgIpc) is 2.16. The minimum absolute atomic E-state index is 0.0365. The van der Waals surface area contributed by atoms with E-state index in [0.717, 1.165) is 0 Å². The van der Waals surface area contributed by atoms with E-state index >= 15 is 0 Å². The van der Waals surface area contributed by atoms with Gasteiger partial charge in [-0.25, -0.2) is 13.1 Å². The molecule has 0 aromatic carbocycles. The summed E-state index contributed by atoms with van der Waals surface area (Å²) in [6.45, 7) is 3.15. The van der Waals surface area contributed by atoms with Crippen LogP contribution in [0.2, 0.25) is 0 Å². The number of carbonyl (C=O) groups is 1. The van der Waals surface area contributed by atoms with Crippen molar-refractivity contribution >= 4 is 16.0 Å². The van der Waals surface area contributed by atoms with Crippen LogP contribution in [0.4, 0.5) is 0 Å². The molecule has 15 heavy (non-hydrogen) atoms. The topological polar surface area (TPSA) is 96.3 Å². The second-order valence-electron chi connectivity index (χ2n) is 2.77. The number of rotatable bonds is 6. The molecule has 0 aromatic heterocycles. The molecule has 0 spiro atoms. The van der Waals surface area contributed by atoms with Gasteiger partial charge in [0.15, 0.2) is 5.25 Å². The Kier molecular flexibility index (Phi) is 5.89. The summed E-state index contributed by atoms with van der Waals surface area (Å²) in [6.07, 6.45) is -0.0365. The highest BCUT2D eigenvalue weighted by Crippen LogP contribution is 1.96. The first-order valence-electron chi connectivity index (χ1n) is 4.47. The predicted octanol–water partition coefficient (Wildman–Crippen LogP) is -0.229. The third-order valence-electron chi connectivity index (χ3n) is 1.58. The van der Waals surface area contributed by atoms with Crippen molar-refractivity contribution in [1.29, 1.82) is 5.26 Å². The van der Waals surface area contributed by atoms with Gasteiger partial charge in [0.05, 0.1) is 19.1 Å². The zero-order valence-electron chi connectivity index (χ0n) is 8.69. The Morgan fingerprint density at radius 2 is 2.20 bits per heavy atom. The van der Waals surface area contributed by atoms with Crippen molar-refractivity contribution in [1.82, 2.24) is 4.72 Å². The van der Waals surface area contributed by atoms with Crippen molar-refractivity contribution in [3.8, 4) is 6.07 Å². The molecule has 0 heterocycles. The lowest BCUT2D eigenvalue weighted by molar-refractivity contribution is -0.142. The zero-order chi connectivity index (χ0) is 11.9. The highest BCUT2D eigenvalue weighted by atomic mass is 32.2. The Balaban J connectivity index is 3.98. The second-order valence-corrected chi connectivity index (χ2v) is 4.85. The number of nitriles is 1. The lowest BCUT2D eigenvalue weighted by Gasteiger charge is -2.07. The van der Waals surface area contributed by atoms with E-state index in [1.54, 1.807) is 13.0 Å². The fraction of sp³-hybridized carbons (Fsp3) is 0.750. The first-order valence-corrected chi connectivity index (χ1v) is 6.02. The van der Waals surface area contributed by atoms with Gasteiger partial charge in [-0.1, -0.05) is 0 Å². The molecular weight excluding hydrogens is 220 g/mol. The first-order chi connectivity index (χ1) is 6.94. The number of sulfonamides is 1. The van der Waals surface area contributed by atoms with E-state index < -0.39 is 21.2 Å². The number of hydrogen-bond acceptors (Lipinski definition) is 5. The number of hydrogen-bond donors (Lipinski definition) is 1. The second kappa shape index (κ2) is 6.37. The van der Waals surface area contributed by atoms with E-state index in [2.05, 4.69) is 9.46 Å². The van der Waals surface area contributed by atoms with Crippen LogP contribution < -0.4 is 4.72 Å². The third-order valence-corrected chi connectivity index (χ3v) is 3.23. The van der Waals surface area contributed by atoms with E-state index in [9.17, 15) is 13.2 Å². The molecule has 1 N–H and O–H groups in total. The van der Waals surface area contributed by atoms with Crippen LogP contribution >= 0.6 is 0 Å². The summed E-state index contributed by atoms with van der Waals surface area (Å²) in [5, 5.41) is 7.28. The van der Waals surface area contributed by atoms with Crippen LogP contribution in [0.15, 0.2) is 0 Å². The SMILES string of the molecule is CCOC(=O)CCNS(=O)(=O)C(C)C#N. The Morgan fingerprint density at radius 3 is 2.67 bits per heavy atom. The normalized spacial score (nSPS) is 12.9. The summed E-state index contributed by atoms with van der Waals surface area (Å²) in [5.74, 6) is -0.468. The van der Waals surface area contributed by atoms with E-state index in [-0.39, 0.29) is 19.6 Å². The van der Waals surface area contributed by atoms with Crippen molar-refractivity contribution < 1.29 is 17.9 Å². The molecule has 0 saturated heterocycles.